The molecule has 0 N–H and O–H groups in total. The molecular formula is C20H19N. The number of allylic oxidation sites excluding steroid dienone is 2. The van der Waals surface area contributed by atoms with E-state index < -0.39 is 0 Å². The van der Waals surface area contributed by atoms with Gasteiger partial charge < -0.3 is 0 Å². The Morgan fingerprint density at radius 3 is 2.57 bits per heavy atom. The second-order valence-electron chi connectivity index (χ2n) is 4.59. The zero-order valence-corrected chi connectivity index (χ0v) is 12.6. The molecule has 2 aromatic rings. The average molecular weight is 273 g/mol. The van der Waals surface area contributed by atoms with Gasteiger partial charge in [0.25, 0.3) is 0 Å². The van der Waals surface area contributed by atoms with E-state index in [1.807, 2.05) is 32.1 Å². The zero-order chi connectivity index (χ0) is 15.2. The van der Waals surface area contributed by atoms with E-state index in [-0.39, 0.29) is 0 Å². The predicted molar refractivity (Wildman–Crippen MR) is 90.0 cm³/mol. The topological polar surface area (TPSA) is 23.8 Å². The van der Waals surface area contributed by atoms with Crippen LogP contribution in [-0.2, 0) is 6.42 Å². The predicted octanol–water partition coefficient (Wildman–Crippen LogP) is 5.35. The Bertz CT molecular complexity index is 730. The molecule has 0 heterocycles. The first-order chi connectivity index (χ1) is 10.3. The van der Waals surface area contributed by atoms with E-state index in [1.54, 1.807) is 6.08 Å². The van der Waals surface area contributed by atoms with Crippen LogP contribution in [0.4, 0.5) is 0 Å². The van der Waals surface area contributed by atoms with E-state index >= 15 is 0 Å². The van der Waals surface area contributed by atoms with Crippen LogP contribution in [0.25, 0.3) is 17.2 Å². The van der Waals surface area contributed by atoms with Crippen LogP contribution in [0.5, 0.6) is 0 Å². The molecule has 1 nitrogen and oxygen atoms in total. The van der Waals surface area contributed by atoms with Gasteiger partial charge in [-0.05, 0) is 40.3 Å². The Morgan fingerprint density at radius 2 is 1.86 bits per heavy atom. The monoisotopic (exact) mass is 273 g/mol. The van der Waals surface area contributed by atoms with Gasteiger partial charge in [-0.1, -0.05) is 69.0 Å². The summed E-state index contributed by atoms with van der Waals surface area (Å²) in [6.45, 7) is 7.69. The Kier molecular flexibility index (Phi) is 4.74. The highest BCUT2D eigenvalue weighted by Gasteiger charge is 2.21. The molecule has 3 rings (SSSR count). The van der Waals surface area contributed by atoms with E-state index in [9.17, 15) is 5.26 Å². The molecule has 0 bridgehead atoms. The fourth-order valence-corrected chi connectivity index (χ4v) is 2.69. The molecular weight excluding hydrogens is 254 g/mol. The second kappa shape index (κ2) is 6.72. The Labute approximate surface area is 126 Å². The summed E-state index contributed by atoms with van der Waals surface area (Å²) < 4.78 is 0. The Hall–Kier alpha value is -2.59. The van der Waals surface area contributed by atoms with Crippen LogP contribution >= 0.6 is 0 Å². The Balaban J connectivity index is 0.000000774. The smallest absolute Gasteiger partial charge is 0.0998 e. The molecule has 21 heavy (non-hydrogen) atoms. The third-order valence-electron chi connectivity index (χ3n) is 3.55. The standard InChI is InChI=1S/C18H13N.C2H6/c1-2-3-7-16-14(12-19)9-10-17-15-8-5-4-6-13(15)11-18(16)17;1-2/h2-10H,1,11H2;1-2H3/b7-3-;. The lowest BCUT2D eigenvalue weighted by Crippen LogP contribution is -1.91. The molecule has 0 unspecified atom stereocenters. The van der Waals surface area contributed by atoms with Crippen LogP contribution in [0.3, 0.4) is 0 Å². The minimum Gasteiger partial charge on any atom is -0.192 e. The van der Waals surface area contributed by atoms with E-state index in [0.717, 1.165) is 17.5 Å². The number of hydrogen-bond acceptors (Lipinski definition) is 1. The van der Waals surface area contributed by atoms with Gasteiger partial charge in [-0.2, -0.15) is 5.26 Å². The number of rotatable bonds is 2. The molecule has 1 heteroatoms. The number of fused-ring (bicyclic) bond motifs is 3. The molecule has 0 aromatic heterocycles. The fourth-order valence-electron chi connectivity index (χ4n) is 2.69. The summed E-state index contributed by atoms with van der Waals surface area (Å²) in [6, 6.07) is 14.7. The van der Waals surface area contributed by atoms with E-state index in [2.05, 4.69) is 43.0 Å². The van der Waals surface area contributed by atoms with Crippen LogP contribution in [0.2, 0.25) is 0 Å². The van der Waals surface area contributed by atoms with Gasteiger partial charge in [-0.3, -0.25) is 0 Å². The lowest BCUT2D eigenvalue weighted by Gasteiger charge is -2.06. The Morgan fingerprint density at radius 1 is 1.10 bits per heavy atom. The number of benzene rings is 2. The van der Waals surface area contributed by atoms with Gasteiger partial charge in [0, 0.05) is 0 Å². The van der Waals surface area contributed by atoms with Crippen molar-refractivity contribution in [1.82, 2.24) is 0 Å². The van der Waals surface area contributed by atoms with Crippen LogP contribution in [0.1, 0.15) is 36.1 Å². The van der Waals surface area contributed by atoms with Crippen LogP contribution in [-0.4, -0.2) is 0 Å². The van der Waals surface area contributed by atoms with Crippen molar-refractivity contribution in [2.75, 3.05) is 0 Å². The highest BCUT2D eigenvalue weighted by Crippen LogP contribution is 2.39. The summed E-state index contributed by atoms with van der Waals surface area (Å²) in [5, 5.41) is 9.26. The molecule has 104 valence electrons. The zero-order valence-electron chi connectivity index (χ0n) is 12.6. The van der Waals surface area contributed by atoms with Crippen molar-refractivity contribution in [1.29, 1.82) is 5.26 Å². The van der Waals surface area contributed by atoms with Crippen LogP contribution < -0.4 is 0 Å². The molecule has 0 fully saturated rings. The maximum absolute atomic E-state index is 9.26. The van der Waals surface area contributed by atoms with Crippen molar-refractivity contribution in [2.24, 2.45) is 0 Å². The van der Waals surface area contributed by atoms with E-state index in [1.165, 1.54) is 22.3 Å². The third-order valence-corrected chi connectivity index (χ3v) is 3.55. The summed E-state index contributed by atoms with van der Waals surface area (Å²) in [5.74, 6) is 0. The molecule has 2 aromatic carbocycles. The molecule has 0 atom stereocenters. The van der Waals surface area contributed by atoms with Gasteiger partial charge in [0.1, 0.15) is 0 Å². The lowest BCUT2D eigenvalue weighted by molar-refractivity contribution is 1.25. The van der Waals surface area contributed by atoms with Gasteiger partial charge >= 0.3 is 0 Å². The van der Waals surface area contributed by atoms with Crippen molar-refractivity contribution in [3.8, 4) is 17.2 Å². The summed E-state index contributed by atoms with van der Waals surface area (Å²) >= 11 is 0. The van der Waals surface area contributed by atoms with Crippen molar-refractivity contribution < 1.29 is 0 Å². The maximum atomic E-state index is 9.26. The molecule has 0 amide bonds. The first-order valence-corrected chi connectivity index (χ1v) is 7.28. The number of nitriles is 1. The highest BCUT2D eigenvalue weighted by atomic mass is 14.3. The minimum absolute atomic E-state index is 0.727. The van der Waals surface area contributed by atoms with Crippen molar-refractivity contribution in [3.63, 3.8) is 0 Å². The van der Waals surface area contributed by atoms with Gasteiger partial charge in [0.2, 0.25) is 0 Å². The lowest BCUT2D eigenvalue weighted by atomic mass is 9.96. The first kappa shape index (κ1) is 14.8. The van der Waals surface area contributed by atoms with Gasteiger partial charge in [-0.25, -0.2) is 0 Å². The van der Waals surface area contributed by atoms with E-state index in [0.29, 0.717) is 0 Å². The molecule has 0 radical (unpaired) electrons. The summed E-state index contributed by atoms with van der Waals surface area (Å²) in [5.41, 5.74) is 6.87. The molecule has 0 spiro atoms. The SMILES string of the molecule is C=C/C=C\c1c(C#N)ccc2c1Cc1ccccc1-2.CC. The van der Waals surface area contributed by atoms with Crippen LogP contribution in [0, 0.1) is 11.3 Å². The normalized spacial score (nSPS) is 11.1. The number of hydrogen-bond donors (Lipinski definition) is 0. The summed E-state index contributed by atoms with van der Waals surface area (Å²) in [7, 11) is 0. The van der Waals surface area contributed by atoms with Crippen molar-refractivity contribution >= 4 is 6.08 Å². The van der Waals surface area contributed by atoms with Gasteiger partial charge in [0.05, 0.1) is 11.6 Å². The molecule has 1 aliphatic carbocycles. The third kappa shape index (κ3) is 2.66. The summed E-state index contributed by atoms with van der Waals surface area (Å²) in [6.07, 6.45) is 6.51. The quantitative estimate of drug-likeness (QED) is 0.577. The molecule has 0 aliphatic heterocycles. The average Bonchev–Trinajstić information content (AvgIpc) is 2.93. The highest BCUT2D eigenvalue weighted by molar-refractivity contribution is 5.82. The van der Waals surface area contributed by atoms with Crippen molar-refractivity contribution in [3.05, 3.63) is 77.4 Å². The van der Waals surface area contributed by atoms with Crippen LogP contribution in [0.15, 0.2) is 55.1 Å². The molecule has 1 aliphatic rings. The summed E-state index contributed by atoms with van der Waals surface area (Å²) in [4.78, 5) is 0. The second-order valence-corrected chi connectivity index (χ2v) is 4.59. The molecule has 0 saturated carbocycles. The minimum atomic E-state index is 0.727. The van der Waals surface area contributed by atoms with Gasteiger partial charge in [0.15, 0.2) is 0 Å². The van der Waals surface area contributed by atoms with Crippen molar-refractivity contribution in [2.45, 2.75) is 20.3 Å². The number of nitrogens with zero attached hydrogens (tertiary/aromatic N) is 1. The van der Waals surface area contributed by atoms with Gasteiger partial charge in [-0.15, -0.1) is 0 Å². The maximum Gasteiger partial charge on any atom is 0.0998 e. The molecule has 0 saturated heterocycles. The first-order valence-electron chi connectivity index (χ1n) is 7.28. The largest absolute Gasteiger partial charge is 0.192 e. The van der Waals surface area contributed by atoms with E-state index in [4.69, 9.17) is 0 Å². The fraction of sp³-hybridized carbons (Fsp3) is 0.150.